The molecule has 0 radical (unpaired) electrons. The van der Waals surface area contributed by atoms with Crippen molar-refractivity contribution in [3.8, 4) is 0 Å². The SMILES string of the molecule is Cc1ccc2c(n1)/C(=N/OCC(C)(C)CO/N=C1\CCCc3cnc(Nc4cccc(Cl)c4)nc31)CCC2. The van der Waals surface area contributed by atoms with Gasteiger partial charge in [-0.2, -0.15) is 0 Å². The minimum absolute atomic E-state index is 0.284. The molecule has 8 nitrogen and oxygen atoms in total. The Hall–Kier alpha value is -3.52. The number of hydrogen-bond donors (Lipinski definition) is 1. The van der Waals surface area contributed by atoms with Crippen LogP contribution in [0.25, 0.3) is 0 Å². The highest BCUT2D eigenvalue weighted by atomic mass is 35.5. The lowest BCUT2D eigenvalue weighted by Gasteiger charge is -2.23. The van der Waals surface area contributed by atoms with E-state index < -0.39 is 0 Å². The molecule has 0 saturated heterocycles. The van der Waals surface area contributed by atoms with Crippen molar-refractivity contribution in [1.29, 1.82) is 0 Å². The fourth-order valence-electron chi connectivity index (χ4n) is 4.55. The second-order valence-corrected chi connectivity index (χ2v) is 11.1. The Morgan fingerprint density at radius 3 is 2.29 bits per heavy atom. The molecular weight excluding hydrogens is 500 g/mol. The maximum atomic E-state index is 6.11. The van der Waals surface area contributed by atoms with Gasteiger partial charge in [-0.25, -0.2) is 9.97 Å². The Bertz CT molecular complexity index is 1370. The van der Waals surface area contributed by atoms with Gasteiger partial charge in [-0.1, -0.05) is 47.9 Å². The van der Waals surface area contributed by atoms with E-state index >= 15 is 0 Å². The number of aryl methyl sites for hydroxylation is 3. The maximum Gasteiger partial charge on any atom is 0.227 e. The number of pyridine rings is 1. The van der Waals surface area contributed by atoms with Gasteiger partial charge in [0.25, 0.3) is 0 Å². The quantitative estimate of drug-likeness (QED) is 0.336. The first-order chi connectivity index (χ1) is 18.4. The second-order valence-electron chi connectivity index (χ2n) is 10.7. The molecule has 0 fully saturated rings. The molecule has 0 saturated carbocycles. The van der Waals surface area contributed by atoms with Crippen molar-refractivity contribution in [2.45, 2.75) is 59.3 Å². The van der Waals surface area contributed by atoms with E-state index in [0.29, 0.717) is 24.2 Å². The first-order valence-corrected chi connectivity index (χ1v) is 13.5. The average molecular weight is 533 g/mol. The van der Waals surface area contributed by atoms with Gasteiger partial charge in [-0.15, -0.1) is 0 Å². The molecule has 3 aromatic rings. The Balaban J connectivity index is 1.20. The summed E-state index contributed by atoms with van der Waals surface area (Å²) < 4.78 is 0. The zero-order valence-corrected chi connectivity index (χ0v) is 22.9. The first kappa shape index (κ1) is 26.1. The summed E-state index contributed by atoms with van der Waals surface area (Å²) in [7, 11) is 0. The van der Waals surface area contributed by atoms with Crippen molar-refractivity contribution in [3.05, 3.63) is 75.8 Å². The Labute approximate surface area is 228 Å². The van der Waals surface area contributed by atoms with Crippen molar-refractivity contribution in [3.63, 3.8) is 0 Å². The minimum Gasteiger partial charge on any atom is -0.395 e. The van der Waals surface area contributed by atoms with E-state index in [1.165, 1.54) is 5.56 Å². The van der Waals surface area contributed by atoms with E-state index in [2.05, 4.69) is 51.6 Å². The highest BCUT2D eigenvalue weighted by Crippen LogP contribution is 2.25. The molecular formula is C29H33ClN6O2. The highest BCUT2D eigenvalue weighted by molar-refractivity contribution is 6.30. The predicted molar refractivity (Wildman–Crippen MR) is 150 cm³/mol. The molecule has 2 aromatic heterocycles. The standard InChI is InChI=1S/C29H33ClN6O2/c1-19-13-14-20-7-4-11-24(26(20)32-19)35-37-17-29(2,3)18-38-36-25-12-5-8-21-16-31-28(34-27(21)25)33-23-10-6-9-22(30)15-23/h6,9-10,13-16H,4-5,7-8,11-12,17-18H2,1-3H3,(H,31,33,34)/b35-24+,36-25+. The van der Waals surface area contributed by atoms with Crippen LogP contribution in [0.4, 0.5) is 11.6 Å². The van der Waals surface area contributed by atoms with Crippen LogP contribution < -0.4 is 5.32 Å². The van der Waals surface area contributed by atoms with Crippen LogP contribution in [0, 0.1) is 12.3 Å². The van der Waals surface area contributed by atoms with Gasteiger partial charge >= 0.3 is 0 Å². The fourth-order valence-corrected chi connectivity index (χ4v) is 4.74. The average Bonchev–Trinajstić information content (AvgIpc) is 2.89. The van der Waals surface area contributed by atoms with Crippen LogP contribution in [0.5, 0.6) is 0 Å². The Morgan fingerprint density at radius 1 is 0.895 bits per heavy atom. The van der Waals surface area contributed by atoms with E-state index in [1.54, 1.807) is 0 Å². The van der Waals surface area contributed by atoms with Crippen LogP contribution in [-0.4, -0.2) is 39.6 Å². The molecule has 5 rings (SSSR count). The largest absolute Gasteiger partial charge is 0.395 e. The van der Waals surface area contributed by atoms with E-state index in [4.69, 9.17) is 26.3 Å². The number of oxime groups is 2. The lowest BCUT2D eigenvalue weighted by Crippen LogP contribution is -2.25. The minimum atomic E-state index is -0.284. The molecule has 0 spiro atoms. The summed E-state index contributed by atoms with van der Waals surface area (Å²) in [6.07, 6.45) is 7.54. The topological polar surface area (TPSA) is 93.9 Å². The molecule has 2 aliphatic carbocycles. The van der Waals surface area contributed by atoms with Gasteiger partial charge in [-0.05, 0) is 80.8 Å². The van der Waals surface area contributed by atoms with Crippen molar-refractivity contribution in [2.24, 2.45) is 15.7 Å². The number of rotatable bonds is 8. The van der Waals surface area contributed by atoms with Crippen molar-refractivity contribution < 1.29 is 9.68 Å². The van der Waals surface area contributed by atoms with E-state index in [1.807, 2.05) is 37.4 Å². The lowest BCUT2D eigenvalue weighted by molar-refractivity contribution is -0.000311. The van der Waals surface area contributed by atoms with Crippen LogP contribution in [0.15, 0.2) is 52.9 Å². The molecule has 2 heterocycles. The normalized spacial score (nSPS) is 17.2. The van der Waals surface area contributed by atoms with Gasteiger partial charge in [0, 0.05) is 28.0 Å². The first-order valence-electron chi connectivity index (χ1n) is 13.1. The molecule has 9 heteroatoms. The van der Waals surface area contributed by atoms with Gasteiger partial charge in [0.05, 0.1) is 11.4 Å². The lowest BCUT2D eigenvalue weighted by atomic mass is 9.94. The molecule has 198 valence electrons. The summed E-state index contributed by atoms with van der Waals surface area (Å²) in [5.74, 6) is 0.502. The molecule has 1 N–H and O–H groups in total. The Kier molecular flexibility index (Phi) is 7.88. The molecule has 0 amide bonds. The van der Waals surface area contributed by atoms with Crippen molar-refractivity contribution in [1.82, 2.24) is 15.0 Å². The van der Waals surface area contributed by atoms with Gasteiger partial charge in [0.2, 0.25) is 5.95 Å². The second kappa shape index (κ2) is 11.5. The van der Waals surface area contributed by atoms with Crippen LogP contribution in [0.2, 0.25) is 5.02 Å². The highest BCUT2D eigenvalue weighted by Gasteiger charge is 2.24. The van der Waals surface area contributed by atoms with Gasteiger partial charge in [-0.3, -0.25) is 4.98 Å². The van der Waals surface area contributed by atoms with Gasteiger partial charge in [0.1, 0.15) is 24.6 Å². The van der Waals surface area contributed by atoms with E-state index in [0.717, 1.165) is 78.3 Å². The number of hydrogen-bond acceptors (Lipinski definition) is 8. The van der Waals surface area contributed by atoms with Gasteiger partial charge in [0.15, 0.2) is 0 Å². The molecule has 0 aliphatic heterocycles. The summed E-state index contributed by atoms with van der Waals surface area (Å²) in [5, 5.41) is 12.8. The summed E-state index contributed by atoms with van der Waals surface area (Å²) >= 11 is 6.11. The third-order valence-corrected chi connectivity index (χ3v) is 6.82. The number of nitrogens with one attached hydrogen (secondary N) is 1. The molecule has 1 aromatic carbocycles. The summed E-state index contributed by atoms with van der Waals surface area (Å²) in [4.78, 5) is 25.5. The number of benzene rings is 1. The van der Waals surface area contributed by atoms with Crippen LogP contribution in [-0.2, 0) is 22.5 Å². The summed E-state index contributed by atoms with van der Waals surface area (Å²) in [6.45, 7) is 6.96. The zero-order chi connectivity index (χ0) is 26.5. The Morgan fingerprint density at radius 2 is 1.58 bits per heavy atom. The molecule has 38 heavy (non-hydrogen) atoms. The summed E-state index contributed by atoms with van der Waals surface area (Å²) in [5.41, 5.74) is 7.41. The van der Waals surface area contributed by atoms with Crippen LogP contribution in [0.3, 0.4) is 0 Å². The number of halogens is 1. The van der Waals surface area contributed by atoms with E-state index in [-0.39, 0.29) is 5.41 Å². The van der Waals surface area contributed by atoms with E-state index in [9.17, 15) is 0 Å². The maximum absolute atomic E-state index is 6.11. The third-order valence-electron chi connectivity index (χ3n) is 6.59. The van der Waals surface area contributed by atoms with Gasteiger partial charge < -0.3 is 15.0 Å². The number of anilines is 2. The monoisotopic (exact) mass is 532 g/mol. The van der Waals surface area contributed by atoms with Crippen LogP contribution in [0.1, 0.15) is 67.7 Å². The molecule has 0 unspecified atom stereocenters. The summed E-state index contributed by atoms with van der Waals surface area (Å²) in [6, 6.07) is 11.7. The van der Waals surface area contributed by atoms with Crippen molar-refractivity contribution >= 4 is 34.7 Å². The molecule has 2 aliphatic rings. The molecule has 0 atom stereocenters. The number of fused-ring (bicyclic) bond motifs is 2. The fraction of sp³-hybridized carbons (Fsp3) is 0.414. The number of aromatic nitrogens is 3. The zero-order valence-electron chi connectivity index (χ0n) is 22.1. The smallest absolute Gasteiger partial charge is 0.227 e. The third kappa shape index (κ3) is 6.48. The van der Waals surface area contributed by atoms with Crippen LogP contribution >= 0.6 is 11.6 Å². The van der Waals surface area contributed by atoms with Crippen molar-refractivity contribution in [2.75, 3.05) is 18.5 Å². The molecule has 0 bridgehead atoms. The number of nitrogens with zero attached hydrogens (tertiary/aromatic N) is 5. The predicted octanol–water partition coefficient (Wildman–Crippen LogP) is 6.42.